The van der Waals surface area contributed by atoms with Crippen LogP contribution in [0.2, 0.25) is 0 Å². The fourth-order valence-electron chi connectivity index (χ4n) is 1.00. The lowest BCUT2D eigenvalue weighted by atomic mass is 10.5. The van der Waals surface area contributed by atoms with Crippen molar-refractivity contribution in [1.29, 1.82) is 0 Å². The zero-order valence-electron chi connectivity index (χ0n) is 7.20. The Morgan fingerprint density at radius 1 is 1.92 bits per heavy atom. The minimum atomic E-state index is -0.327. The van der Waals surface area contributed by atoms with E-state index in [1.807, 2.05) is 11.1 Å². The number of halogens is 1. The zero-order valence-corrected chi connectivity index (χ0v) is 9.60. The number of ether oxygens (including phenoxy) is 1. The average molecular weight is 267 g/mol. The zero-order chi connectivity index (χ0) is 9.84. The summed E-state index contributed by atoms with van der Waals surface area (Å²) >= 11 is 4.72. The molecule has 74 valence electrons. The number of carbonyl (C=O) groups excluding carboxylic acids is 1. The van der Waals surface area contributed by atoms with Crippen LogP contribution in [-0.2, 0) is 9.53 Å². The van der Waals surface area contributed by atoms with E-state index in [-0.39, 0.29) is 11.3 Å². The molecule has 0 aromatic heterocycles. The Labute approximate surface area is 89.6 Å². The van der Waals surface area contributed by atoms with Crippen molar-refractivity contribution in [3.05, 3.63) is 10.0 Å². The van der Waals surface area contributed by atoms with Crippen LogP contribution in [0, 0.1) is 0 Å². The molecule has 0 bridgehead atoms. The highest BCUT2D eigenvalue weighted by atomic mass is 79.9. The average Bonchev–Trinajstić information content (AvgIpc) is 2.43. The van der Waals surface area contributed by atoms with E-state index >= 15 is 0 Å². The van der Waals surface area contributed by atoms with E-state index in [2.05, 4.69) is 15.9 Å². The standard InChI is InChI=1S/C7H11BrN2O2S/c1-12-3-2-10-4-5(8)13-7(10)6(9)11/h4,7H,2-3H2,1H3,(H2,9,11). The van der Waals surface area contributed by atoms with Gasteiger partial charge in [0, 0.05) is 19.9 Å². The summed E-state index contributed by atoms with van der Waals surface area (Å²) < 4.78 is 5.84. The van der Waals surface area contributed by atoms with E-state index in [1.165, 1.54) is 11.8 Å². The normalized spacial score (nSPS) is 21.8. The summed E-state index contributed by atoms with van der Waals surface area (Å²) in [6, 6.07) is 0. The van der Waals surface area contributed by atoms with Gasteiger partial charge in [0.1, 0.15) is 0 Å². The molecule has 0 radical (unpaired) electrons. The maximum atomic E-state index is 11.0. The van der Waals surface area contributed by atoms with Gasteiger partial charge in [0.25, 0.3) is 5.91 Å². The second kappa shape index (κ2) is 4.88. The summed E-state index contributed by atoms with van der Waals surface area (Å²) in [5, 5.41) is -0.301. The smallest absolute Gasteiger partial charge is 0.251 e. The van der Waals surface area contributed by atoms with Gasteiger partial charge in [-0.25, -0.2) is 0 Å². The van der Waals surface area contributed by atoms with Crippen molar-refractivity contribution in [1.82, 2.24) is 4.90 Å². The number of hydrogen-bond acceptors (Lipinski definition) is 4. The molecule has 0 aromatic carbocycles. The molecule has 2 N–H and O–H groups in total. The summed E-state index contributed by atoms with van der Waals surface area (Å²) in [4.78, 5) is 12.8. The van der Waals surface area contributed by atoms with Crippen molar-refractivity contribution in [3.8, 4) is 0 Å². The summed E-state index contributed by atoms with van der Waals surface area (Å²) in [5.41, 5.74) is 5.23. The van der Waals surface area contributed by atoms with E-state index in [0.29, 0.717) is 13.2 Å². The molecule has 6 heteroatoms. The van der Waals surface area contributed by atoms with E-state index in [0.717, 1.165) is 3.81 Å². The maximum absolute atomic E-state index is 11.0. The van der Waals surface area contributed by atoms with Crippen LogP contribution in [0.1, 0.15) is 0 Å². The molecular formula is C7H11BrN2O2S. The number of primary amides is 1. The molecule has 0 saturated heterocycles. The van der Waals surface area contributed by atoms with Gasteiger partial charge in [-0.15, -0.1) is 0 Å². The lowest BCUT2D eigenvalue weighted by Gasteiger charge is -2.20. The number of thioether (sulfide) groups is 1. The van der Waals surface area contributed by atoms with Crippen molar-refractivity contribution in [2.75, 3.05) is 20.3 Å². The Balaban J connectivity index is 2.53. The van der Waals surface area contributed by atoms with Crippen LogP contribution in [0.5, 0.6) is 0 Å². The third-order valence-corrected chi connectivity index (χ3v) is 3.41. The van der Waals surface area contributed by atoms with Gasteiger partial charge >= 0.3 is 0 Å². The molecule has 1 amide bonds. The number of nitrogens with zero attached hydrogens (tertiary/aromatic N) is 1. The first-order valence-corrected chi connectivity index (χ1v) is 5.40. The van der Waals surface area contributed by atoms with Crippen LogP contribution in [0.3, 0.4) is 0 Å². The van der Waals surface area contributed by atoms with Gasteiger partial charge in [-0.2, -0.15) is 0 Å². The SMILES string of the molecule is COCCN1C=C(Br)SC1C(N)=O. The van der Waals surface area contributed by atoms with Gasteiger partial charge < -0.3 is 15.4 Å². The highest BCUT2D eigenvalue weighted by Gasteiger charge is 2.28. The number of carbonyl (C=O) groups is 1. The molecule has 1 heterocycles. The molecule has 1 rings (SSSR count). The third-order valence-electron chi connectivity index (χ3n) is 1.59. The number of amides is 1. The second-order valence-corrected chi connectivity index (χ2v) is 5.04. The topological polar surface area (TPSA) is 55.6 Å². The Bertz CT molecular complexity index is 235. The highest BCUT2D eigenvalue weighted by Crippen LogP contribution is 2.35. The van der Waals surface area contributed by atoms with Gasteiger partial charge in [0.05, 0.1) is 10.4 Å². The van der Waals surface area contributed by atoms with Gasteiger partial charge in [-0.3, -0.25) is 4.79 Å². The number of methoxy groups -OCH3 is 1. The largest absolute Gasteiger partial charge is 0.383 e. The van der Waals surface area contributed by atoms with Gasteiger partial charge in [0.2, 0.25) is 0 Å². The summed E-state index contributed by atoms with van der Waals surface area (Å²) in [6.45, 7) is 1.26. The predicted octanol–water partition coefficient (Wildman–Crippen LogP) is 0.687. The molecule has 0 spiro atoms. The van der Waals surface area contributed by atoms with Crippen molar-refractivity contribution >= 4 is 33.6 Å². The summed E-state index contributed by atoms with van der Waals surface area (Å²) in [7, 11) is 1.63. The molecule has 13 heavy (non-hydrogen) atoms. The number of rotatable bonds is 4. The quantitative estimate of drug-likeness (QED) is 0.814. The first kappa shape index (κ1) is 10.9. The lowest BCUT2D eigenvalue weighted by molar-refractivity contribution is -0.119. The lowest BCUT2D eigenvalue weighted by Crippen LogP contribution is -2.38. The minimum absolute atomic E-state index is 0.301. The third kappa shape index (κ3) is 2.89. The van der Waals surface area contributed by atoms with E-state index in [9.17, 15) is 4.79 Å². The van der Waals surface area contributed by atoms with Gasteiger partial charge in [-0.1, -0.05) is 11.8 Å². The van der Waals surface area contributed by atoms with E-state index in [1.54, 1.807) is 7.11 Å². The highest BCUT2D eigenvalue weighted by molar-refractivity contribution is 9.14. The molecule has 1 aliphatic heterocycles. The van der Waals surface area contributed by atoms with Gasteiger partial charge in [-0.05, 0) is 15.9 Å². The van der Waals surface area contributed by atoms with Crippen molar-refractivity contribution < 1.29 is 9.53 Å². The Morgan fingerprint density at radius 2 is 2.62 bits per heavy atom. The van der Waals surface area contributed by atoms with E-state index in [4.69, 9.17) is 10.5 Å². The van der Waals surface area contributed by atoms with Crippen LogP contribution < -0.4 is 5.73 Å². The first-order valence-electron chi connectivity index (χ1n) is 3.73. The Hall–Kier alpha value is -0.200. The van der Waals surface area contributed by atoms with Gasteiger partial charge in [0.15, 0.2) is 5.37 Å². The first-order chi connectivity index (χ1) is 6.15. The molecule has 1 atom stereocenters. The van der Waals surface area contributed by atoms with Crippen LogP contribution >= 0.6 is 27.7 Å². The summed E-state index contributed by atoms with van der Waals surface area (Å²) in [5.74, 6) is -0.327. The fraction of sp³-hybridized carbons (Fsp3) is 0.571. The van der Waals surface area contributed by atoms with Crippen LogP contribution in [0.25, 0.3) is 0 Å². The summed E-state index contributed by atoms with van der Waals surface area (Å²) in [6.07, 6.45) is 1.86. The molecule has 0 aliphatic carbocycles. The van der Waals surface area contributed by atoms with Crippen molar-refractivity contribution in [3.63, 3.8) is 0 Å². The predicted molar refractivity (Wildman–Crippen MR) is 56.2 cm³/mol. The van der Waals surface area contributed by atoms with Crippen LogP contribution in [0.4, 0.5) is 0 Å². The maximum Gasteiger partial charge on any atom is 0.251 e. The monoisotopic (exact) mass is 266 g/mol. The molecular weight excluding hydrogens is 256 g/mol. The number of nitrogens with two attached hydrogens (primary N) is 1. The molecule has 0 saturated carbocycles. The molecule has 1 unspecified atom stereocenters. The van der Waals surface area contributed by atoms with Crippen molar-refractivity contribution in [2.24, 2.45) is 5.73 Å². The fourth-order valence-corrected chi connectivity index (χ4v) is 2.62. The number of hydrogen-bond donors (Lipinski definition) is 1. The Morgan fingerprint density at radius 3 is 3.15 bits per heavy atom. The second-order valence-electron chi connectivity index (χ2n) is 2.54. The molecule has 4 nitrogen and oxygen atoms in total. The van der Waals surface area contributed by atoms with E-state index < -0.39 is 0 Å². The molecule has 0 fully saturated rings. The van der Waals surface area contributed by atoms with Crippen LogP contribution in [0.15, 0.2) is 10.0 Å². The Kier molecular flexibility index (Phi) is 4.08. The minimum Gasteiger partial charge on any atom is -0.383 e. The molecule has 0 aromatic rings. The van der Waals surface area contributed by atoms with Crippen molar-refractivity contribution in [2.45, 2.75) is 5.37 Å². The molecule has 1 aliphatic rings. The van der Waals surface area contributed by atoms with Crippen LogP contribution in [-0.4, -0.2) is 36.4 Å².